The van der Waals surface area contributed by atoms with Crippen molar-refractivity contribution in [1.82, 2.24) is 4.98 Å². The van der Waals surface area contributed by atoms with Gasteiger partial charge >= 0.3 is 0 Å². The summed E-state index contributed by atoms with van der Waals surface area (Å²) in [4.78, 5) is 4.61. The number of aryl methyl sites for hydroxylation is 1. The number of pyridine rings is 1. The fraction of sp³-hybridized carbons (Fsp3) is 0.167. The maximum Gasteiger partial charge on any atom is 0.119 e. The van der Waals surface area contributed by atoms with Gasteiger partial charge in [-0.25, -0.2) is 0 Å². The Balaban J connectivity index is 1.92. The Kier molecular flexibility index (Phi) is 4.29. The van der Waals surface area contributed by atoms with Crippen LogP contribution in [0.2, 0.25) is 0 Å². The molecular formula is C18H17BrN2O. The van der Waals surface area contributed by atoms with Crippen LogP contribution in [0.15, 0.2) is 53.0 Å². The van der Waals surface area contributed by atoms with Crippen LogP contribution < -0.4 is 10.1 Å². The minimum Gasteiger partial charge on any atom is -0.497 e. The number of benzene rings is 2. The number of aromatic nitrogens is 1. The number of ether oxygens (including phenoxy) is 1. The van der Waals surface area contributed by atoms with Crippen LogP contribution in [-0.4, -0.2) is 12.1 Å². The third kappa shape index (κ3) is 3.07. The molecule has 4 heteroatoms. The van der Waals surface area contributed by atoms with E-state index in [0.717, 1.165) is 39.1 Å². The first kappa shape index (κ1) is 14.9. The maximum absolute atomic E-state index is 5.27. The number of para-hydroxylation sites is 1. The number of anilines is 1. The smallest absolute Gasteiger partial charge is 0.119 e. The van der Waals surface area contributed by atoms with Gasteiger partial charge in [0, 0.05) is 27.8 Å². The van der Waals surface area contributed by atoms with Gasteiger partial charge in [0.15, 0.2) is 0 Å². The van der Waals surface area contributed by atoms with Crippen molar-refractivity contribution in [1.29, 1.82) is 0 Å². The molecule has 0 spiro atoms. The summed E-state index contributed by atoms with van der Waals surface area (Å²) >= 11 is 3.57. The van der Waals surface area contributed by atoms with Crippen molar-refractivity contribution in [3.05, 3.63) is 64.3 Å². The van der Waals surface area contributed by atoms with E-state index in [1.807, 2.05) is 37.3 Å². The Labute approximate surface area is 138 Å². The highest BCUT2D eigenvalue weighted by molar-refractivity contribution is 9.10. The molecular weight excluding hydrogens is 340 g/mol. The first-order chi connectivity index (χ1) is 10.7. The number of hydrogen-bond acceptors (Lipinski definition) is 3. The fourth-order valence-electron chi connectivity index (χ4n) is 2.47. The van der Waals surface area contributed by atoms with Gasteiger partial charge in [-0.15, -0.1) is 0 Å². The summed E-state index contributed by atoms with van der Waals surface area (Å²) in [5.41, 5.74) is 4.24. The summed E-state index contributed by atoms with van der Waals surface area (Å²) in [6, 6.07) is 16.3. The number of fused-ring (bicyclic) bond motifs is 1. The van der Waals surface area contributed by atoms with Crippen molar-refractivity contribution in [3.63, 3.8) is 0 Å². The molecule has 0 saturated heterocycles. The summed E-state index contributed by atoms with van der Waals surface area (Å²) in [7, 11) is 1.68. The molecule has 0 aliphatic heterocycles. The second-order valence-corrected chi connectivity index (χ2v) is 6.01. The lowest BCUT2D eigenvalue weighted by atomic mass is 10.1. The van der Waals surface area contributed by atoms with E-state index in [0.29, 0.717) is 0 Å². The molecule has 3 rings (SSSR count). The second kappa shape index (κ2) is 6.36. The van der Waals surface area contributed by atoms with Gasteiger partial charge < -0.3 is 10.1 Å². The Hall–Kier alpha value is -2.07. The molecule has 0 atom stereocenters. The molecule has 0 amide bonds. The molecule has 22 heavy (non-hydrogen) atoms. The highest BCUT2D eigenvalue weighted by Crippen LogP contribution is 2.29. The molecule has 0 unspecified atom stereocenters. The van der Waals surface area contributed by atoms with E-state index in [1.54, 1.807) is 7.11 Å². The van der Waals surface area contributed by atoms with Gasteiger partial charge in [-0.2, -0.15) is 0 Å². The van der Waals surface area contributed by atoms with E-state index < -0.39 is 0 Å². The first-order valence-corrected chi connectivity index (χ1v) is 7.89. The van der Waals surface area contributed by atoms with Crippen LogP contribution in [0.5, 0.6) is 5.75 Å². The number of halogens is 1. The van der Waals surface area contributed by atoms with Crippen molar-refractivity contribution in [2.45, 2.75) is 13.5 Å². The van der Waals surface area contributed by atoms with Crippen molar-refractivity contribution in [2.24, 2.45) is 0 Å². The molecule has 1 aromatic heterocycles. The Morgan fingerprint density at radius 2 is 1.95 bits per heavy atom. The van der Waals surface area contributed by atoms with Gasteiger partial charge in [-0.05, 0) is 52.7 Å². The van der Waals surface area contributed by atoms with Crippen molar-refractivity contribution >= 4 is 32.5 Å². The Morgan fingerprint density at radius 3 is 2.77 bits per heavy atom. The summed E-state index contributed by atoms with van der Waals surface area (Å²) in [5.74, 6) is 0.873. The van der Waals surface area contributed by atoms with Crippen LogP contribution in [-0.2, 0) is 6.54 Å². The molecule has 3 aromatic rings. The monoisotopic (exact) mass is 356 g/mol. The van der Waals surface area contributed by atoms with Crippen molar-refractivity contribution in [3.8, 4) is 5.75 Å². The lowest BCUT2D eigenvalue weighted by molar-refractivity contribution is 0.414. The number of hydrogen-bond donors (Lipinski definition) is 1. The standard InChI is InChI=1S/C18H17BrN2O/c1-12-9-17(15-7-4-8-16(19)18(15)21-12)20-11-13-5-3-6-14(10-13)22-2/h3-10H,11H2,1-2H3,(H,20,21). The van der Waals surface area contributed by atoms with Gasteiger partial charge in [0.1, 0.15) is 5.75 Å². The number of nitrogens with one attached hydrogen (secondary N) is 1. The molecule has 0 aliphatic carbocycles. The fourth-order valence-corrected chi connectivity index (χ4v) is 2.92. The molecule has 0 radical (unpaired) electrons. The van der Waals surface area contributed by atoms with Crippen LogP contribution >= 0.6 is 15.9 Å². The Morgan fingerprint density at radius 1 is 1.14 bits per heavy atom. The van der Waals surface area contributed by atoms with Crippen LogP contribution in [0.4, 0.5) is 5.69 Å². The van der Waals surface area contributed by atoms with Gasteiger partial charge in [0.25, 0.3) is 0 Å². The quantitative estimate of drug-likeness (QED) is 0.719. The van der Waals surface area contributed by atoms with E-state index >= 15 is 0 Å². The molecule has 0 saturated carbocycles. The molecule has 2 aromatic carbocycles. The minimum atomic E-state index is 0.738. The van der Waals surface area contributed by atoms with E-state index in [-0.39, 0.29) is 0 Å². The SMILES string of the molecule is COc1cccc(CNc2cc(C)nc3c(Br)cccc23)c1. The molecule has 0 bridgehead atoms. The lowest BCUT2D eigenvalue weighted by Gasteiger charge is -2.12. The summed E-state index contributed by atoms with van der Waals surface area (Å²) in [6.45, 7) is 2.75. The van der Waals surface area contributed by atoms with E-state index in [2.05, 4.69) is 44.4 Å². The van der Waals surface area contributed by atoms with Gasteiger partial charge in [-0.1, -0.05) is 24.3 Å². The predicted molar refractivity (Wildman–Crippen MR) is 94.5 cm³/mol. The second-order valence-electron chi connectivity index (χ2n) is 5.15. The third-order valence-electron chi connectivity index (χ3n) is 3.54. The first-order valence-electron chi connectivity index (χ1n) is 7.10. The summed E-state index contributed by atoms with van der Waals surface area (Å²) in [5, 5.41) is 4.62. The van der Waals surface area contributed by atoms with E-state index in [4.69, 9.17) is 4.74 Å². The molecule has 1 heterocycles. The van der Waals surface area contributed by atoms with Crippen LogP contribution in [0.25, 0.3) is 10.9 Å². The van der Waals surface area contributed by atoms with Gasteiger partial charge in [-0.3, -0.25) is 4.98 Å². The van der Waals surface area contributed by atoms with E-state index in [1.165, 1.54) is 5.56 Å². The largest absolute Gasteiger partial charge is 0.497 e. The third-order valence-corrected chi connectivity index (χ3v) is 4.18. The van der Waals surface area contributed by atoms with Crippen LogP contribution in [0.3, 0.4) is 0 Å². The maximum atomic E-state index is 5.27. The van der Waals surface area contributed by atoms with Crippen LogP contribution in [0, 0.1) is 6.92 Å². The number of nitrogens with zero attached hydrogens (tertiary/aromatic N) is 1. The number of rotatable bonds is 4. The topological polar surface area (TPSA) is 34.1 Å². The molecule has 0 fully saturated rings. The molecule has 1 N–H and O–H groups in total. The summed E-state index contributed by atoms with van der Waals surface area (Å²) in [6.07, 6.45) is 0. The zero-order valence-corrected chi connectivity index (χ0v) is 14.1. The molecule has 0 aliphatic rings. The lowest BCUT2D eigenvalue weighted by Crippen LogP contribution is -2.01. The highest BCUT2D eigenvalue weighted by atomic mass is 79.9. The highest BCUT2D eigenvalue weighted by Gasteiger charge is 2.06. The normalized spacial score (nSPS) is 10.7. The molecule has 112 valence electrons. The summed E-state index contributed by atoms with van der Waals surface area (Å²) < 4.78 is 6.28. The van der Waals surface area contributed by atoms with Crippen LogP contribution in [0.1, 0.15) is 11.3 Å². The molecule has 3 nitrogen and oxygen atoms in total. The number of methoxy groups -OCH3 is 1. The zero-order chi connectivity index (χ0) is 15.5. The van der Waals surface area contributed by atoms with Gasteiger partial charge in [0.05, 0.1) is 12.6 Å². The zero-order valence-electron chi connectivity index (χ0n) is 12.6. The predicted octanol–water partition coefficient (Wildman–Crippen LogP) is 4.93. The van der Waals surface area contributed by atoms with Crippen molar-refractivity contribution < 1.29 is 4.74 Å². The minimum absolute atomic E-state index is 0.738. The van der Waals surface area contributed by atoms with Gasteiger partial charge in [0.2, 0.25) is 0 Å². The Bertz CT molecular complexity index is 817. The van der Waals surface area contributed by atoms with E-state index in [9.17, 15) is 0 Å². The average molecular weight is 357 g/mol. The average Bonchev–Trinajstić information content (AvgIpc) is 2.54. The van der Waals surface area contributed by atoms with Crippen molar-refractivity contribution in [2.75, 3.05) is 12.4 Å².